The predicted molar refractivity (Wildman–Crippen MR) is 104 cm³/mol. The maximum atomic E-state index is 12.6. The number of hydrogen-bond donors (Lipinski definition) is 1. The molecule has 1 aliphatic rings. The molecule has 0 aromatic heterocycles. The number of rotatable bonds is 8. The molecule has 0 aliphatic carbocycles. The van der Waals surface area contributed by atoms with Gasteiger partial charge in [-0.05, 0) is 29.8 Å². The Bertz CT molecular complexity index is 876. The van der Waals surface area contributed by atoms with Crippen molar-refractivity contribution in [3.05, 3.63) is 53.6 Å². The first kappa shape index (κ1) is 22.1. The Labute approximate surface area is 175 Å². The number of carbonyl (C=O) groups is 1. The third-order valence-electron chi connectivity index (χ3n) is 4.32. The van der Waals surface area contributed by atoms with Crippen LogP contribution in [0.15, 0.2) is 42.5 Å². The van der Waals surface area contributed by atoms with Crippen molar-refractivity contribution in [1.29, 1.82) is 0 Å². The van der Waals surface area contributed by atoms with Gasteiger partial charge in [0.15, 0.2) is 0 Å². The lowest BCUT2D eigenvalue weighted by molar-refractivity contribution is -0.274. The van der Waals surface area contributed by atoms with E-state index in [1.165, 1.54) is 43.1 Å². The van der Waals surface area contributed by atoms with Gasteiger partial charge in [0.25, 0.3) is 0 Å². The minimum absolute atomic E-state index is 0.0895. The highest BCUT2D eigenvalue weighted by molar-refractivity contribution is 8.00. The molecule has 6 nitrogen and oxygen atoms in total. The van der Waals surface area contributed by atoms with Crippen LogP contribution >= 0.6 is 11.8 Å². The normalized spacial score (nSPS) is 16.6. The van der Waals surface area contributed by atoms with Gasteiger partial charge in [-0.2, -0.15) is 0 Å². The van der Waals surface area contributed by atoms with Crippen molar-refractivity contribution >= 4 is 17.7 Å². The fourth-order valence-electron chi connectivity index (χ4n) is 3.08. The van der Waals surface area contributed by atoms with E-state index in [2.05, 4.69) is 4.74 Å². The van der Waals surface area contributed by atoms with E-state index in [1.54, 1.807) is 23.1 Å². The predicted octanol–water partition coefficient (Wildman–Crippen LogP) is 3.74. The minimum Gasteiger partial charge on any atom is -0.496 e. The lowest BCUT2D eigenvalue weighted by Crippen LogP contribution is -2.28. The van der Waals surface area contributed by atoms with Crippen molar-refractivity contribution in [1.82, 2.24) is 4.90 Å². The molecule has 1 unspecified atom stereocenters. The summed E-state index contributed by atoms with van der Waals surface area (Å²) in [5, 5.41) is 8.68. The molecule has 3 rings (SSSR count). The van der Waals surface area contributed by atoms with E-state index < -0.39 is 11.7 Å². The van der Waals surface area contributed by atoms with E-state index in [0.717, 1.165) is 0 Å². The Morgan fingerprint density at radius 1 is 1.17 bits per heavy atom. The molecule has 0 radical (unpaired) electrons. The van der Waals surface area contributed by atoms with Crippen molar-refractivity contribution in [3.8, 4) is 17.2 Å². The van der Waals surface area contributed by atoms with Crippen LogP contribution in [0.25, 0.3) is 0 Å². The summed E-state index contributed by atoms with van der Waals surface area (Å²) in [6.45, 7) is 0.121. The average Bonchev–Trinajstić information content (AvgIpc) is 3.06. The zero-order valence-electron chi connectivity index (χ0n) is 16.0. The molecule has 0 bridgehead atoms. The second-order valence-corrected chi connectivity index (χ2v) is 7.39. The van der Waals surface area contributed by atoms with Crippen LogP contribution in [0.4, 0.5) is 13.2 Å². The summed E-state index contributed by atoms with van der Waals surface area (Å²) in [4.78, 5) is 14.2. The van der Waals surface area contributed by atoms with Crippen molar-refractivity contribution in [3.63, 3.8) is 0 Å². The Morgan fingerprint density at radius 2 is 1.87 bits per heavy atom. The van der Waals surface area contributed by atoms with Gasteiger partial charge in [0.2, 0.25) is 5.91 Å². The maximum absolute atomic E-state index is 12.6. The number of halogens is 3. The molecule has 162 valence electrons. The van der Waals surface area contributed by atoms with Crippen LogP contribution in [0.2, 0.25) is 0 Å². The van der Waals surface area contributed by atoms with Gasteiger partial charge in [-0.3, -0.25) is 4.79 Å². The van der Waals surface area contributed by atoms with E-state index in [9.17, 15) is 18.0 Å². The molecule has 2 aromatic rings. The fraction of sp³-hybridized carbons (Fsp3) is 0.350. The van der Waals surface area contributed by atoms with Gasteiger partial charge >= 0.3 is 6.36 Å². The summed E-state index contributed by atoms with van der Waals surface area (Å²) < 4.78 is 52.0. The van der Waals surface area contributed by atoms with Gasteiger partial charge in [-0.25, -0.2) is 0 Å². The number of amides is 1. The van der Waals surface area contributed by atoms with E-state index in [-0.39, 0.29) is 37.2 Å². The van der Waals surface area contributed by atoms with Gasteiger partial charge in [-0.15, -0.1) is 24.9 Å². The van der Waals surface area contributed by atoms with Gasteiger partial charge in [0.1, 0.15) is 29.2 Å². The van der Waals surface area contributed by atoms with Gasteiger partial charge < -0.3 is 24.2 Å². The quantitative estimate of drug-likeness (QED) is 0.671. The van der Waals surface area contributed by atoms with Crippen molar-refractivity contribution in [2.24, 2.45) is 0 Å². The summed E-state index contributed by atoms with van der Waals surface area (Å²) in [7, 11) is 1.51. The Hall–Kier alpha value is -2.59. The number of hydrogen-bond acceptors (Lipinski definition) is 6. The highest BCUT2D eigenvalue weighted by Crippen LogP contribution is 2.47. The summed E-state index contributed by atoms with van der Waals surface area (Å²) in [5.74, 6) is 0.845. The molecule has 1 aliphatic heterocycles. The first-order valence-corrected chi connectivity index (χ1v) is 10.0. The molecule has 1 amide bonds. The number of methoxy groups -OCH3 is 1. The van der Waals surface area contributed by atoms with Crippen LogP contribution in [-0.2, 0) is 11.3 Å². The first-order chi connectivity index (χ1) is 14.3. The minimum atomic E-state index is -4.76. The largest absolute Gasteiger partial charge is 0.573 e. The monoisotopic (exact) mass is 443 g/mol. The molecule has 1 N–H and O–H groups in total. The molecule has 10 heteroatoms. The third kappa shape index (κ3) is 5.31. The molecular formula is C20H20F3NO5S. The summed E-state index contributed by atoms with van der Waals surface area (Å²) >= 11 is 1.40. The molecule has 1 fully saturated rings. The van der Waals surface area contributed by atoms with Crippen LogP contribution < -0.4 is 14.2 Å². The zero-order chi connectivity index (χ0) is 21.7. The highest BCUT2D eigenvalue weighted by atomic mass is 32.2. The SMILES string of the molecule is COc1cccc(OCCO)c1C1SCC(=O)N1Cc1ccc(OC(F)(F)F)cc1. The van der Waals surface area contributed by atoms with Gasteiger partial charge in [0.05, 0.1) is 25.0 Å². The Morgan fingerprint density at radius 3 is 2.50 bits per heavy atom. The van der Waals surface area contributed by atoms with Crippen molar-refractivity contribution in [2.75, 3.05) is 26.1 Å². The number of nitrogens with zero attached hydrogens (tertiary/aromatic N) is 1. The van der Waals surface area contributed by atoms with Crippen LogP contribution in [0.5, 0.6) is 17.2 Å². The summed E-state index contributed by atoms with van der Waals surface area (Å²) in [5.41, 5.74) is 1.32. The molecule has 30 heavy (non-hydrogen) atoms. The maximum Gasteiger partial charge on any atom is 0.573 e. The molecule has 1 saturated heterocycles. The summed E-state index contributed by atoms with van der Waals surface area (Å²) in [6, 6.07) is 10.6. The van der Waals surface area contributed by atoms with E-state index in [0.29, 0.717) is 22.6 Å². The number of ether oxygens (including phenoxy) is 3. The number of carbonyl (C=O) groups excluding carboxylic acids is 1. The number of aliphatic hydroxyl groups is 1. The lowest BCUT2D eigenvalue weighted by Gasteiger charge is -2.27. The van der Waals surface area contributed by atoms with Gasteiger partial charge in [-0.1, -0.05) is 18.2 Å². The number of aliphatic hydroxyl groups excluding tert-OH is 1. The fourth-order valence-corrected chi connectivity index (χ4v) is 4.32. The standard InChI is InChI=1S/C20H20F3NO5S/c1-27-15-3-2-4-16(28-10-9-25)18(15)19-24(17(26)12-30-19)11-13-5-7-14(8-6-13)29-20(21,22)23/h2-8,19,25H,9-12H2,1H3. The second-order valence-electron chi connectivity index (χ2n) is 6.32. The van der Waals surface area contributed by atoms with Crippen LogP contribution in [0, 0.1) is 0 Å². The topological polar surface area (TPSA) is 68.2 Å². The first-order valence-electron chi connectivity index (χ1n) is 8.98. The summed E-state index contributed by atoms with van der Waals surface area (Å²) in [6.07, 6.45) is -4.76. The van der Waals surface area contributed by atoms with E-state index in [4.69, 9.17) is 14.6 Å². The molecule has 2 aromatic carbocycles. The van der Waals surface area contributed by atoms with Crippen molar-refractivity contribution < 1.29 is 37.3 Å². The van der Waals surface area contributed by atoms with Crippen LogP contribution in [-0.4, -0.2) is 48.4 Å². The number of benzene rings is 2. The zero-order valence-corrected chi connectivity index (χ0v) is 16.8. The lowest BCUT2D eigenvalue weighted by atomic mass is 10.1. The highest BCUT2D eigenvalue weighted by Gasteiger charge is 2.37. The molecule has 1 atom stereocenters. The molecule has 1 heterocycles. The Balaban J connectivity index is 1.85. The average molecular weight is 443 g/mol. The van der Waals surface area contributed by atoms with E-state index >= 15 is 0 Å². The van der Waals surface area contributed by atoms with Gasteiger partial charge in [0, 0.05) is 6.54 Å². The van der Waals surface area contributed by atoms with E-state index in [1.807, 2.05) is 0 Å². The number of thioether (sulfide) groups is 1. The number of alkyl halides is 3. The molecule has 0 spiro atoms. The Kier molecular flexibility index (Phi) is 6.99. The molecule has 0 saturated carbocycles. The van der Waals surface area contributed by atoms with Crippen LogP contribution in [0.3, 0.4) is 0 Å². The van der Waals surface area contributed by atoms with Crippen LogP contribution in [0.1, 0.15) is 16.5 Å². The second kappa shape index (κ2) is 9.48. The smallest absolute Gasteiger partial charge is 0.496 e. The third-order valence-corrected chi connectivity index (χ3v) is 5.54. The van der Waals surface area contributed by atoms with Crippen molar-refractivity contribution in [2.45, 2.75) is 18.3 Å². The molecular weight excluding hydrogens is 423 g/mol.